The first-order valence-corrected chi connectivity index (χ1v) is 8.03. The van der Waals surface area contributed by atoms with Crippen LogP contribution in [0.4, 0.5) is 4.39 Å². The average Bonchev–Trinajstić information content (AvgIpc) is 2.98. The highest BCUT2D eigenvalue weighted by molar-refractivity contribution is 5.95. The maximum absolute atomic E-state index is 13.0. The Balaban J connectivity index is 1.68. The molecule has 7 heteroatoms. The molecule has 128 valence electrons. The number of amides is 1. The lowest BCUT2D eigenvalue weighted by Gasteiger charge is -2.27. The van der Waals surface area contributed by atoms with Crippen molar-refractivity contribution in [3.05, 3.63) is 42.0 Å². The summed E-state index contributed by atoms with van der Waals surface area (Å²) < 4.78 is 14.3. The minimum atomic E-state index is -0.430. The van der Waals surface area contributed by atoms with Crippen LogP contribution < -0.4 is 5.32 Å². The van der Waals surface area contributed by atoms with Gasteiger partial charge in [-0.25, -0.2) is 9.07 Å². The number of nitrogens with one attached hydrogen (secondary N) is 1. The number of rotatable bonds is 4. The number of benzene rings is 1. The highest BCUT2D eigenvalue weighted by Crippen LogP contribution is 2.25. The van der Waals surface area contributed by atoms with E-state index in [1.807, 2.05) is 0 Å². The van der Waals surface area contributed by atoms with Crippen LogP contribution in [0.1, 0.15) is 36.2 Å². The van der Waals surface area contributed by atoms with Crippen molar-refractivity contribution in [3.63, 3.8) is 0 Å². The van der Waals surface area contributed by atoms with Gasteiger partial charge in [-0.05, 0) is 55.9 Å². The number of halogens is 1. The average molecular weight is 333 g/mol. The van der Waals surface area contributed by atoms with Gasteiger partial charge in [-0.15, -0.1) is 0 Å². The highest BCUT2D eigenvalue weighted by Gasteiger charge is 2.24. The minimum Gasteiger partial charge on any atom is -0.504 e. The highest BCUT2D eigenvalue weighted by atomic mass is 19.1. The van der Waals surface area contributed by atoms with E-state index in [0.717, 1.165) is 25.7 Å². The summed E-state index contributed by atoms with van der Waals surface area (Å²) >= 11 is 0. The van der Waals surface area contributed by atoms with Gasteiger partial charge in [0.05, 0.1) is 11.9 Å². The number of aromatic nitrogens is 2. The van der Waals surface area contributed by atoms with Crippen LogP contribution in [0.25, 0.3) is 5.69 Å². The molecule has 6 nitrogen and oxygen atoms in total. The summed E-state index contributed by atoms with van der Waals surface area (Å²) in [5, 5.41) is 26.1. The van der Waals surface area contributed by atoms with Crippen molar-refractivity contribution in [1.82, 2.24) is 15.1 Å². The number of nitrogens with zero attached hydrogens (tertiary/aromatic N) is 2. The molecule has 0 spiro atoms. The Morgan fingerprint density at radius 2 is 1.92 bits per heavy atom. The van der Waals surface area contributed by atoms with Crippen LogP contribution in [0.15, 0.2) is 30.5 Å². The molecular formula is C17H20FN3O3. The van der Waals surface area contributed by atoms with Gasteiger partial charge in [0.15, 0.2) is 11.4 Å². The molecule has 1 aliphatic carbocycles. The largest absolute Gasteiger partial charge is 0.504 e. The van der Waals surface area contributed by atoms with Gasteiger partial charge in [-0.3, -0.25) is 4.79 Å². The zero-order valence-electron chi connectivity index (χ0n) is 13.2. The van der Waals surface area contributed by atoms with E-state index >= 15 is 0 Å². The molecule has 3 N–H and O–H groups in total. The molecule has 0 unspecified atom stereocenters. The number of aliphatic hydroxyl groups excluding tert-OH is 1. The molecule has 0 bridgehead atoms. The standard InChI is InChI=1S/C17H20FN3O3/c18-12-3-7-14(8-4-12)21-9-15(23)16(20-21)17(24)19-13-5-1-11(10-22)2-6-13/h3-4,7-9,11,13,22-23H,1-2,5-6,10H2,(H,19,24). The van der Waals surface area contributed by atoms with E-state index < -0.39 is 5.91 Å². The molecule has 0 atom stereocenters. The Hall–Kier alpha value is -2.41. The van der Waals surface area contributed by atoms with Gasteiger partial charge in [-0.2, -0.15) is 5.10 Å². The lowest BCUT2D eigenvalue weighted by atomic mass is 9.86. The van der Waals surface area contributed by atoms with E-state index in [0.29, 0.717) is 11.6 Å². The molecule has 1 aromatic heterocycles. The molecule has 3 rings (SSSR count). The van der Waals surface area contributed by atoms with Gasteiger partial charge in [0.25, 0.3) is 5.91 Å². The molecule has 24 heavy (non-hydrogen) atoms. The molecule has 1 aromatic carbocycles. The summed E-state index contributed by atoms with van der Waals surface area (Å²) in [6, 6.07) is 5.62. The molecule has 1 amide bonds. The quantitative estimate of drug-likeness (QED) is 0.798. The number of hydrogen-bond acceptors (Lipinski definition) is 4. The number of carbonyl (C=O) groups is 1. The first-order chi connectivity index (χ1) is 11.6. The fourth-order valence-corrected chi connectivity index (χ4v) is 3.00. The Morgan fingerprint density at radius 1 is 1.25 bits per heavy atom. The predicted molar refractivity (Wildman–Crippen MR) is 85.5 cm³/mol. The second-order valence-corrected chi connectivity index (χ2v) is 6.16. The van der Waals surface area contributed by atoms with Gasteiger partial charge in [0.2, 0.25) is 0 Å². The van der Waals surface area contributed by atoms with E-state index in [4.69, 9.17) is 5.11 Å². The van der Waals surface area contributed by atoms with Gasteiger partial charge < -0.3 is 15.5 Å². The maximum atomic E-state index is 13.0. The summed E-state index contributed by atoms with van der Waals surface area (Å²) in [4.78, 5) is 12.3. The molecule has 0 saturated heterocycles. The Morgan fingerprint density at radius 3 is 2.54 bits per heavy atom. The van der Waals surface area contributed by atoms with Crippen LogP contribution in [0.5, 0.6) is 5.75 Å². The zero-order valence-corrected chi connectivity index (χ0v) is 13.2. The van der Waals surface area contributed by atoms with Crippen LogP contribution in [0.2, 0.25) is 0 Å². The Bertz CT molecular complexity index is 706. The second-order valence-electron chi connectivity index (χ2n) is 6.16. The van der Waals surface area contributed by atoms with Crippen molar-refractivity contribution < 1.29 is 19.4 Å². The number of aliphatic hydroxyl groups is 1. The Kier molecular flexibility index (Phi) is 4.80. The lowest BCUT2D eigenvalue weighted by Crippen LogP contribution is -2.38. The number of aromatic hydroxyl groups is 1. The summed E-state index contributed by atoms with van der Waals surface area (Å²) in [6.07, 6.45) is 4.67. The maximum Gasteiger partial charge on any atom is 0.275 e. The van der Waals surface area contributed by atoms with Gasteiger partial charge in [0, 0.05) is 12.6 Å². The third-order valence-electron chi connectivity index (χ3n) is 4.44. The zero-order chi connectivity index (χ0) is 17.1. The smallest absolute Gasteiger partial charge is 0.275 e. The van der Waals surface area contributed by atoms with Crippen LogP contribution in [-0.2, 0) is 0 Å². The lowest BCUT2D eigenvalue weighted by molar-refractivity contribution is 0.0906. The number of carbonyl (C=O) groups excluding carboxylic acids is 1. The molecule has 2 aromatic rings. The molecule has 1 heterocycles. The monoisotopic (exact) mass is 333 g/mol. The summed E-state index contributed by atoms with van der Waals surface area (Å²) in [5.74, 6) is -0.711. The summed E-state index contributed by atoms with van der Waals surface area (Å²) in [6.45, 7) is 0.184. The van der Waals surface area contributed by atoms with Crippen LogP contribution in [-0.4, -0.2) is 38.5 Å². The molecule has 0 radical (unpaired) electrons. The molecule has 0 aliphatic heterocycles. The second kappa shape index (κ2) is 7.00. The third kappa shape index (κ3) is 3.56. The van der Waals surface area contributed by atoms with Crippen molar-refractivity contribution in [2.24, 2.45) is 5.92 Å². The predicted octanol–water partition coefficient (Wildman–Crippen LogP) is 2.00. The normalized spacial score (nSPS) is 20.8. The van der Waals surface area contributed by atoms with Crippen molar-refractivity contribution in [3.8, 4) is 11.4 Å². The van der Waals surface area contributed by atoms with E-state index in [1.165, 1.54) is 35.1 Å². The van der Waals surface area contributed by atoms with Crippen molar-refractivity contribution in [2.75, 3.05) is 6.61 Å². The van der Waals surface area contributed by atoms with Crippen molar-refractivity contribution in [2.45, 2.75) is 31.7 Å². The summed E-state index contributed by atoms with van der Waals surface area (Å²) in [7, 11) is 0. The first-order valence-electron chi connectivity index (χ1n) is 8.03. The van der Waals surface area contributed by atoms with Crippen molar-refractivity contribution in [1.29, 1.82) is 0 Å². The van der Waals surface area contributed by atoms with E-state index in [1.54, 1.807) is 0 Å². The van der Waals surface area contributed by atoms with Gasteiger partial charge in [0.1, 0.15) is 5.82 Å². The minimum absolute atomic E-state index is 0.0238. The van der Waals surface area contributed by atoms with Gasteiger partial charge >= 0.3 is 0 Å². The number of hydrogen-bond donors (Lipinski definition) is 3. The molecule has 1 aliphatic rings. The fourth-order valence-electron chi connectivity index (χ4n) is 3.00. The van der Waals surface area contributed by atoms with Gasteiger partial charge in [-0.1, -0.05) is 0 Å². The first kappa shape index (κ1) is 16.4. The van der Waals surface area contributed by atoms with E-state index in [-0.39, 0.29) is 29.9 Å². The van der Waals surface area contributed by atoms with Crippen molar-refractivity contribution >= 4 is 5.91 Å². The topological polar surface area (TPSA) is 87.4 Å². The van der Waals surface area contributed by atoms with Crippen LogP contribution in [0.3, 0.4) is 0 Å². The van der Waals surface area contributed by atoms with Crippen LogP contribution in [0, 0.1) is 11.7 Å². The molecule has 1 saturated carbocycles. The van der Waals surface area contributed by atoms with Crippen LogP contribution >= 0.6 is 0 Å². The molecular weight excluding hydrogens is 313 g/mol. The summed E-state index contributed by atoms with van der Waals surface area (Å²) in [5.41, 5.74) is 0.498. The fraction of sp³-hybridized carbons (Fsp3) is 0.412. The SMILES string of the molecule is O=C(NC1CCC(CO)CC1)c1nn(-c2ccc(F)cc2)cc1O. The van der Waals surface area contributed by atoms with E-state index in [9.17, 15) is 14.3 Å². The van der Waals surface area contributed by atoms with E-state index in [2.05, 4.69) is 10.4 Å². The third-order valence-corrected chi connectivity index (χ3v) is 4.44. The molecule has 1 fully saturated rings. The Labute approximate surface area is 138 Å².